The van der Waals surface area contributed by atoms with Crippen LogP contribution in [0.4, 0.5) is 0 Å². The van der Waals surface area contributed by atoms with E-state index in [1.807, 2.05) is 6.08 Å². The van der Waals surface area contributed by atoms with Crippen molar-refractivity contribution in [1.29, 1.82) is 0 Å². The molecule has 2 unspecified atom stereocenters. The van der Waals surface area contributed by atoms with Gasteiger partial charge in [-0.25, -0.2) is 0 Å². The number of carbonyl (C=O) groups excluding carboxylic acids is 2. The van der Waals surface area contributed by atoms with Gasteiger partial charge >= 0.3 is 5.97 Å². The summed E-state index contributed by atoms with van der Waals surface area (Å²) in [6, 6.07) is -0.625. The van der Waals surface area contributed by atoms with Gasteiger partial charge in [0.25, 0.3) is 0 Å². The molecule has 6 nitrogen and oxygen atoms in total. The summed E-state index contributed by atoms with van der Waals surface area (Å²) < 4.78 is 5.51. The van der Waals surface area contributed by atoms with E-state index in [2.05, 4.69) is 43.5 Å². The summed E-state index contributed by atoms with van der Waals surface area (Å²) >= 11 is 0. The maximum Gasteiger partial charge on any atom is 0.305 e. The lowest BCUT2D eigenvalue weighted by molar-refractivity contribution is -0.143. The number of unbranched alkanes of at least 4 members (excludes halogenated alkanes) is 59. The Balaban J connectivity index is 3.34. The molecule has 0 aromatic heterocycles. The maximum atomic E-state index is 12.5. The van der Waals surface area contributed by atoms with E-state index in [4.69, 9.17) is 4.74 Å². The van der Waals surface area contributed by atoms with E-state index in [1.54, 1.807) is 6.08 Å². The lowest BCUT2D eigenvalue weighted by Crippen LogP contribution is -2.45. The molecule has 0 rings (SSSR count). The minimum atomic E-state index is -0.842. The van der Waals surface area contributed by atoms with Crippen LogP contribution in [0, 0.1) is 0 Å². The summed E-state index contributed by atoms with van der Waals surface area (Å²) in [5.41, 5.74) is 0. The van der Waals surface area contributed by atoms with Crippen molar-refractivity contribution in [2.45, 2.75) is 450 Å². The molecule has 0 heterocycles. The molecule has 0 radical (unpaired) electrons. The lowest BCUT2D eigenvalue weighted by atomic mass is 10.0. The van der Waals surface area contributed by atoms with E-state index >= 15 is 0 Å². The van der Waals surface area contributed by atoms with Crippen LogP contribution in [0.5, 0.6) is 0 Å². The van der Waals surface area contributed by atoms with Gasteiger partial charge in [0.1, 0.15) is 0 Å². The Morgan fingerprint density at radius 1 is 0.326 bits per heavy atom. The fourth-order valence-corrected chi connectivity index (χ4v) is 12.4. The first-order valence-electron chi connectivity index (χ1n) is 39.3. The lowest BCUT2D eigenvalue weighted by Gasteiger charge is -2.20. The number of hydrogen-bond donors (Lipinski definition) is 3. The molecule has 0 saturated carbocycles. The van der Waals surface area contributed by atoms with Crippen molar-refractivity contribution in [1.82, 2.24) is 5.32 Å². The van der Waals surface area contributed by atoms with E-state index in [0.29, 0.717) is 19.4 Å². The van der Waals surface area contributed by atoms with Crippen LogP contribution < -0.4 is 5.32 Å². The van der Waals surface area contributed by atoms with Crippen LogP contribution in [0.25, 0.3) is 0 Å². The summed E-state index contributed by atoms with van der Waals surface area (Å²) in [5.74, 6) is -0.0384. The Hall–Kier alpha value is -1.92. The number of nitrogens with one attached hydrogen (secondary N) is 1. The molecular formula is C80H153NO5. The van der Waals surface area contributed by atoms with Gasteiger partial charge in [-0.2, -0.15) is 0 Å². The van der Waals surface area contributed by atoms with E-state index in [-0.39, 0.29) is 18.5 Å². The highest BCUT2D eigenvalue weighted by molar-refractivity contribution is 5.76. The van der Waals surface area contributed by atoms with Crippen LogP contribution >= 0.6 is 0 Å². The van der Waals surface area contributed by atoms with Gasteiger partial charge in [-0.1, -0.05) is 397 Å². The van der Waals surface area contributed by atoms with Gasteiger partial charge in [0.2, 0.25) is 5.91 Å². The van der Waals surface area contributed by atoms with Crippen molar-refractivity contribution in [2.24, 2.45) is 0 Å². The number of esters is 1. The molecule has 0 aliphatic rings. The third-order valence-electron chi connectivity index (χ3n) is 18.4. The third-order valence-corrected chi connectivity index (χ3v) is 18.4. The molecule has 1 amide bonds. The fourth-order valence-electron chi connectivity index (χ4n) is 12.4. The molecule has 0 aromatic carbocycles. The van der Waals surface area contributed by atoms with Crippen LogP contribution in [-0.4, -0.2) is 47.4 Å². The molecule has 3 N–H and O–H groups in total. The zero-order valence-corrected chi connectivity index (χ0v) is 58.3. The van der Waals surface area contributed by atoms with Gasteiger partial charge < -0.3 is 20.3 Å². The number of allylic oxidation sites excluding steroid dienone is 5. The van der Waals surface area contributed by atoms with Gasteiger partial charge in [-0.3, -0.25) is 9.59 Å². The first-order chi connectivity index (χ1) is 42.5. The van der Waals surface area contributed by atoms with Crippen molar-refractivity contribution in [2.75, 3.05) is 13.2 Å². The number of aliphatic hydroxyl groups excluding tert-OH is 2. The first kappa shape index (κ1) is 84.1. The zero-order valence-electron chi connectivity index (χ0n) is 58.3. The summed E-state index contributed by atoms with van der Waals surface area (Å²) in [6.07, 6.45) is 98.5. The Morgan fingerprint density at radius 2 is 0.581 bits per heavy atom. The van der Waals surface area contributed by atoms with Crippen molar-refractivity contribution < 1.29 is 24.5 Å². The average Bonchev–Trinajstić information content (AvgIpc) is 3.60. The second-order valence-electron chi connectivity index (χ2n) is 27.0. The first-order valence-corrected chi connectivity index (χ1v) is 39.3. The summed E-state index contributed by atoms with van der Waals surface area (Å²) in [4.78, 5) is 24.6. The molecule has 0 aromatic rings. The van der Waals surface area contributed by atoms with Crippen molar-refractivity contribution in [3.63, 3.8) is 0 Å². The molecule has 0 saturated heterocycles. The van der Waals surface area contributed by atoms with E-state index in [0.717, 1.165) is 44.9 Å². The Morgan fingerprint density at radius 3 is 0.884 bits per heavy atom. The molecule has 0 aliphatic heterocycles. The number of hydrogen-bond acceptors (Lipinski definition) is 5. The monoisotopic (exact) mass is 1210 g/mol. The number of rotatable bonds is 74. The highest BCUT2D eigenvalue weighted by Crippen LogP contribution is 2.19. The standard InChI is InChI=1S/C80H153NO5/c1-3-5-7-9-11-13-15-17-18-42-46-50-54-58-62-66-70-74-80(85)86-75-71-67-63-59-55-51-47-44-41-39-37-35-33-31-29-27-25-23-21-19-20-22-24-26-28-30-32-34-36-38-40-43-45-49-53-57-61-65-69-73-79(84)81-77(76-82)78(83)72-68-64-60-56-52-48-16-14-12-10-8-6-4-2/h19-20,23,25,68,72,77-78,82-83H,3-18,21-22,24,26-67,69-71,73-76H2,1-2H3,(H,81,84)/b20-19-,25-23-,72-68+. The Bertz CT molecular complexity index is 1390. The normalized spacial score (nSPS) is 12.7. The average molecular weight is 1210 g/mol. The molecular weight excluding hydrogens is 1050 g/mol. The number of ether oxygens (including phenoxy) is 1. The minimum Gasteiger partial charge on any atom is -0.466 e. The molecule has 86 heavy (non-hydrogen) atoms. The van der Waals surface area contributed by atoms with Crippen LogP contribution in [0.15, 0.2) is 36.5 Å². The molecule has 0 aliphatic carbocycles. The van der Waals surface area contributed by atoms with Gasteiger partial charge in [-0.05, 0) is 64.2 Å². The molecule has 0 fully saturated rings. The number of aliphatic hydroxyl groups is 2. The topological polar surface area (TPSA) is 95.9 Å². The number of amides is 1. The molecule has 0 spiro atoms. The quantitative estimate of drug-likeness (QED) is 0.0320. The van der Waals surface area contributed by atoms with Crippen LogP contribution in [0.2, 0.25) is 0 Å². The van der Waals surface area contributed by atoms with Gasteiger partial charge in [0.05, 0.1) is 25.4 Å². The van der Waals surface area contributed by atoms with E-state index < -0.39 is 12.1 Å². The van der Waals surface area contributed by atoms with Crippen molar-refractivity contribution >= 4 is 11.9 Å². The summed E-state index contributed by atoms with van der Waals surface area (Å²) in [5, 5.41) is 23.1. The van der Waals surface area contributed by atoms with Gasteiger partial charge in [0.15, 0.2) is 0 Å². The molecule has 6 heteroatoms. The third kappa shape index (κ3) is 71.2. The summed E-state index contributed by atoms with van der Waals surface area (Å²) in [7, 11) is 0. The highest BCUT2D eigenvalue weighted by atomic mass is 16.5. The predicted octanol–water partition coefficient (Wildman–Crippen LogP) is 25.8. The highest BCUT2D eigenvalue weighted by Gasteiger charge is 2.18. The second-order valence-corrected chi connectivity index (χ2v) is 27.0. The second kappa shape index (κ2) is 75.5. The maximum absolute atomic E-state index is 12.5. The minimum absolute atomic E-state index is 0.0248. The van der Waals surface area contributed by atoms with Crippen molar-refractivity contribution in [3.8, 4) is 0 Å². The van der Waals surface area contributed by atoms with Crippen LogP contribution in [0.3, 0.4) is 0 Å². The Kier molecular flexibility index (Phi) is 73.9. The zero-order chi connectivity index (χ0) is 62.0. The smallest absolute Gasteiger partial charge is 0.305 e. The molecule has 508 valence electrons. The van der Waals surface area contributed by atoms with Crippen LogP contribution in [0.1, 0.15) is 438 Å². The van der Waals surface area contributed by atoms with Crippen LogP contribution in [-0.2, 0) is 14.3 Å². The Labute approximate surface area is 538 Å². The van der Waals surface area contributed by atoms with Gasteiger partial charge in [0, 0.05) is 12.8 Å². The predicted molar refractivity (Wildman–Crippen MR) is 379 cm³/mol. The SMILES string of the molecule is CCCCCCCCCCCCC/C=C/C(O)C(CO)NC(=O)CCCCCCCCCCCCCCCCCCC/C=C\C/C=C\CCCCCCCCCCCCCCCCCOC(=O)CCCCCCCCCCCCCCCCCCC. The van der Waals surface area contributed by atoms with E-state index in [1.165, 1.54) is 366 Å². The largest absolute Gasteiger partial charge is 0.466 e. The number of carbonyl (C=O) groups is 2. The molecule has 0 bridgehead atoms. The summed E-state index contributed by atoms with van der Waals surface area (Å²) in [6.45, 7) is 4.94. The van der Waals surface area contributed by atoms with Gasteiger partial charge in [-0.15, -0.1) is 0 Å². The van der Waals surface area contributed by atoms with E-state index in [9.17, 15) is 19.8 Å². The van der Waals surface area contributed by atoms with Crippen molar-refractivity contribution in [3.05, 3.63) is 36.5 Å². The fraction of sp³-hybridized carbons (Fsp3) is 0.900. The molecule has 2 atom stereocenters.